The average molecular weight is 341 g/mol. The van der Waals surface area contributed by atoms with E-state index in [2.05, 4.69) is 26.1 Å². The second kappa shape index (κ2) is 6.82. The van der Waals surface area contributed by atoms with Crippen LogP contribution in [0.5, 0.6) is 0 Å². The van der Waals surface area contributed by atoms with Crippen molar-refractivity contribution in [3.63, 3.8) is 0 Å². The van der Waals surface area contributed by atoms with E-state index in [1.54, 1.807) is 0 Å². The second-order valence-corrected chi connectivity index (χ2v) is 8.00. The van der Waals surface area contributed by atoms with E-state index in [0.717, 1.165) is 30.0 Å². The summed E-state index contributed by atoms with van der Waals surface area (Å²) in [6.45, 7) is 1.86. The molecule has 0 aromatic carbocycles. The van der Waals surface area contributed by atoms with Crippen molar-refractivity contribution < 1.29 is 9.59 Å². The molecule has 9 heteroatoms. The van der Waals surface area contributed by atoms with Crippen LogP contribution in [0.3, 0.4) is 0 Å². The Balaban J connectivity index is 1.34. The molecule has 22 heavy (non-hydrogen) atoms. The number of aryl methyl sites for hydroxylation is 1. The highest BCUT2D eigenvalue weighted by atomic mass is 32.2. The Morgan fingerprint density at radius 2 is 2.23 bits per heavy atom. The lowest BCUT2D eigenvalue weighted by molar-refractivity contribution is -0.116. The average Bonchev–Trinajstić information content (AvgIpc) is 3.12. The molecule has 3 rings (SSSR count). The highest BCUT2D eigenvalue weighted by Crippen LogP contribution is 2.33. The number of nitrogens with zero attached hydrogens (tertiary/aromatic N) is 2. The van der Waals surface area contributed by atoms with Crippen molar-refractivity contribution in [2.75, 3.05) is 11.1 Å². The molecule has 3 N–H and O–H groups in total. The molecule has 2 fully saturated rings. The van der Waals surface area contributed by atoms with E-state index < -0.39 is 0 Å². The number of nitrogens with one attached hydrogen (secondary N) is 3. The Morgan fingerprint density at radius 3 is 3.00 bits per heavy atom. The summed E-state index contributed by atoms with van der Waals surface area (Å²) in [7, 11) is 0. The maximum atomic E-state index is 11.8. The predicted octanol–water partition coefficient (Wildman–Crippen LogP) is 1.51. The molecule has 2 aliphatic rings. The van der Waals surface area contributed by atoms with Crippen LogP contribution in [0.15, 0.2) is 0 Å². The van der Waals surface area contributed by atoms with E-state index in [9.17, 15) is 9.59 Å². The molecule has 3 amide bonds. The number of rotatable bonds is 6. The van der Waals surface area contributed by atoms with E-state index in [0.29, 0.717) is 16.8 Å². The summed E-state index contributed by atoms with van der Waals surface area (Å²) in [6.07, 6.45) is 3.35. The molecule has 0 radical (unpaired) electrons. The number of amides is 3. The van der Waals surface area contributed by atoms with Gasteiger partial charge in [0.1, 0.15) is 5.01 Å². The van der Waals surface area contributed by atoms with Gasteiger partial charge in [0.05, 0.1) is 12.1 Å². The second-order valence-electron chi connectivity index (χ2n) is 5.54. The first-order valence-electron chi connectivity index (χ1n) is 7.40. The number of fused-ring (bicyclic) bond motifs is 1. The molecule has 3 atom stereocenters. The van der Waals surface area contributed by atoms with Crippen LogP contribution in [-0.2, 0) is 4.79 Å². The highest BCUT2D eigenvalue weighted by Gasteiger charge is 2.42. The molecule has 120 valence electrons. The molecule has 2 saturated heterocycles. The van der Waals surface area contributed by atoms with E-state index in [4.69, 9.17) is 0 Å². The smallest absolute Gasteiger partial charge is 0.315 e. The van der Waals surface area contributed by atoms with Crippen molar-refractivity contribution in [3.8, 4) is 0 Å². The van der Waals surface area contributed by atoms with Gasteiger partial charge in [-0.25, -0.2) is 4.79 Å². The van der Waals surface area contributed by atoms with Gasteiger partial charge in [0, 0.05) is 17.4 Å². The van der Waals surface area contributed by atoms with Crippen molar-refractivity contribution in [1.29, 1.82) is 0 Å². The monoisotopic (exact) mass is 341 g/mol. The first kappa shape index (κ1) is 15.5. The van der Waals surface area contributed by atoms with Gasteiger partial charge >= 0.3 is 6.03 Å². The zero-order chi connectivity index (χ0) is 15.5. The van der Waals surface area contributed by atoms with Crippen LogP contribution in [0.4, 0.5) is 9.93 Å². The van der Waals surface area contributed by atoms with Gasteiger partial charge in [-0.1, -0.05) is 17.8 Å². The van der Waals surface area contributed by atoms with Crippen LogP contribution in [0.25, 0.3) is 0 Å². The summed E-state index contributed by atoms with van der Waals surface area (Å²) in [6, 6.07) is 0.467. The summed E-state index contributed by atoms with van der Waals surface area (Å²) in [5.74, 6) is 0.967. The van der Waals surface area contributed by atoms with E-state index in [1.807, 2.05) is 18.7 Å². The summed E-state index contributed by atoms with van der Waals surface area (Å²) in [4.78, 5) is 23.1. The SMILES string of the molecule is Cc1nnc(NC(=O)CCCC[C@@H]2SC[C@H]3NC(=O)N[C@@H]23)s1. The standard InChI is InChI=1S/C13H19N5O2S2/c1-7-17-18-13(22-7)15-10(19)5-3-2-4-9-11-8(6-21-9)14-12(20)16-11/h8-9,11H,2-6H2,1H3,(H2,14,16,20)(H,15,18,19)/t8-,9+,11-/m1/s1. The van der Waals surface area contributed by atoms with Crippen molar-refractivity contribution in [1.82, 2.24) is 20.8 Å². The number of urea groups is 1. The number of aromatic nitrogens is 2. The molecule has 0 saturated carbocycles. The summed E-state index contributed by atoms with van der Waals surface area (Å²) >= 11 is 3.29. The van der Waals surface area contributed by atoms with Gasteiger partial charge in [-0.05, 0) is 19.8 Å². The van der Waals surface area contributed by atoms with Crippen LogP contribution >= 0.6 is 23.1 Å². The lowest BCUT2D eigenvalue weighted by Gasteiger charge is -2.16. The molecule has 0 unspecified atom stereocenters. The fraction of sp³-hybridized carbons (Fsp3) is 0.692. The van der Waals surface area contributed by atoms with Gasteiger partial charge in [-0.15, -0.1) is 10.2 Å². The van der Waals surface area contributed by atoms with E-state index in [-0.39, 0.29) is 24.0 Å². The normalized spacial score (nSPS) is 26.4. The summed E-state index contributed by atoms with van der Waals surface area (Å²) in [5, 5.41) is 18.3. The molecule has 7 nitrogen and oxygen atoms in total. The zero-order valence-corrected chi connectivity index (χ0v) is 13.9. The third-order valence-corrected chi connectivity index (χ3v) is 6.12. The number of hydrogen-bond donors (Lipinski definition) is 3. The predicted molar refractivity (Wildman–Crippen MR) is 87.2 cm³/mol. The number of hydrogen-bond acceptors (Lipinski definition) is 6. The molecule has 1 aromatic heterocycles. The van der Waals surface area contributed by atoms with Gasteiger partial charge in [0.15, 0.2) is 0 Å². The van der Waals surface area contributed by atoms with Gasteiger partial charge in [0.25, 0.3) is 0 Å². The minimum atomic E-state index is -0.0490. The first-order valence-corrected chi connectivity index (χ1v) is 9.27. The largest absolute Gasteiger partial charge is 0.332 e. The first-order chi connectivity index (χ1) is 10.6. The third kappa shape index (κ3) is 3.70. The van der Waals surface area contributed by atoms with Crippen LogP contribution in [0.1, 0.15) is 30.7 Å². The lowest BCUT2D eigenvalue weighted by atomic mass is 10.0. The molecule has 2 aliphatic heterocycles. The maximum Gasteiger partial charge on any atom is 0.315 e. The molecular weight excluding hydrogens is 322 g/mol. The third-order valence-electron chi connectivity index (χ3n) is 3.85. The van der Waals surface area contributed by atoms with E-state index >= 15 is 0 Å². The Kier molecular flexibility index (Phi) is 4.82. The number of unbranched alkanes of at least 4 members (excludes halogenated alkanes) is 1. The quantitative estimate of drug-likeness (QED) is 0.538. The molecule has 0 spiro atoms. The van der Waals surface area contributed by atoms with Crippen LogP contribution in [0, 0.1) is 6.92 Å². The van der Waals surface area contributed by atoms with Crippen LogP contribution < -0.4 is 16.0 Å². The number of thioether (sulfide) groups is 1. The summed E-state index contributed by atoms with van der Waals surface area (Å²) < 4.78 is 0. The maximum absolute atomic E-state index is 11.8. The molecular formula is C13H19N5O2S2. The van der Waals surface area contributed by atoms with Crippen molar-refractivity contribution in [2.24, 2.45) is 0 Å². The van der Waals surface area contributed by atoms with Gasteiger partial charge < -0.3 is 16.0 Å². The minimum Gasteiger partial charge on any atom is -0.332 e. The molecule has 0 bridgehead atoms. The zero-order valence-electron chi connectivity index (χ0n) is 12.3. The number of anilines is 1. The van der Waals surface area contributed by atoms with Crippen molar-refractivity contribution in [2.45, 2.75) is 49.9 Å². The van der Waals surface area contributed by atoms with Gasteiger partial charge in [-0.2, -0.15) is 11.8 Å². The topological polar surface area (TPSA) is 96.0 Å². The summed E-state index contributed by atoms with van der Waals surface area (Å²) in [5.41, 5.74) is 0. The Hall–Kier alpha value is -1.35. The Morgan fingerprint density at radius 1 is 1.36 bits per heavy atom. The molecule has 3 heterocycles. The van der Waals surface area contributed by atoms with Gasteiger partial charge in [-0.3, -0.25) is 4.79 Å². The van der Waals surface area contributed by atoms with Crippen molar-refractivity contribution in [3.05, 3.63) is 5.01 Å². The molecule has 1 aromatic rings. The number of carbonyl (C=O) groups is 2. The van der Waals surface area contributed by atoms with Crippen LogP contribution in [-0.4, -0.2) is 45.2 Å². The minimum absolute atomic E-state index is 0.0102. The fourth-order valence-electron chi connectivity index (χ4n) is 2.80. The lowest BCUT2D eigenvalue weighted by Crippen LogP contribution is -2.36. The van der Waals surface area contributed by atoms with Gasteiger partial charge in [0.2, 0.25) is 11.0 Å². The highest BCUT2D eigenvalue weighted by molar-refractivity contribution is 8.00. The van der Waals surface area contributed by atoms with Crippen molar-refractivity contribution >= 4 is 40.2 Å². The molecule has 0 aliphatic carbocycles. The Bertz CT molecular complexity index is 564. The van der Waals surface area contributed by atoms with Crippen LogP contribution in [0.2, 0.25) is 0 Å². The Labute approximate surface area is 137 Å². The fourth-order valence-corrected chi connectivity index (χ4v) is 4.95. The van der Waals surface area contributed by atoms with E-state index in [1.165, 1.54) is 11.3 Å². The number of carbonyl (C=O) groups excluding carboxylic acids is 2.